The van der Waals surface area contributed by atoms with Crippen LogP contribution in [0.2, 0.25) is 0 Å². The highest BCUT2D eigenvalue weighted by atomic mass is 28.3. The predicted molar refractivity (Wildman–Crippen MR) is 234 cm³/mol. The monoisotopic (exact) mass is 746 g/mol. The average molecular weight is 747 g/mol. The highest BCUT2D eigenvalue weighted by Gasteiger charge is 2.48. The van der Waals surface area contributed by atoms with Crippen LogP contribution in [0, 0.1) is 0 Å². The first-order valence-electron chi connectivity index (χ1n) is 19.2. The molecule has 5 nitrogen and oxygen atoms in total. The van der Waals surface area contributed by atoms with Gasteiger partial charge in [-0.1, -0.05) is 182 Å². The zero-order valence-electron chi connectivity index (χ0n) is 30.8. The van der Waals surface area contributed by atoms with Crippen LogP contribution in [0.3, 0.4) is 0 Å². The summed E-state index contributed by atoms with van der Waals surface area (Å²) in [6.07, 6.45) is 0. The molecule has 8 aromatic carbocycles. The van der Waals surface area contributed by atoms with E-state index in [2.05, 4.69) is 187 Å². The van der Waals surface area contributed by atoms with E-state index in [4.69, 9.17) is 19.7 Å². The topological polar surface area (TPSA) is 52.8 Å². The van der Waals surface area contributed by atoms with Crippen LogP contribution in [0.25, 0.3) is 61.7 Å². The number of hydrogen-bond acceptors (Lipinski definition) is 4. The molecule has 0 radical (unpaired) electrons. The molecule has 2 aromatic heterocycles. The molecule has 268 valence electrons. The van der Waals surface area contributed by atoms with Gasteiger partial charge < -0.3 is 4.74 Å². The van der Waals surface area contributed by atoms with Crippen LogP contribution in [0.5, 0.6) is 11.5 Å². The van der Waals surface area contributed by atoms with Gasteiger partial charge in [-0.25, -0.2) is 4.98 Å². The lowest BCUT2D eigenvalue weighted by Crippen LogP contribution is -2.76. The number of benzene rings is 8. The van der Waals surface area contributed by atoms with Crippen LogP contribution in [-0.4, -0.2) is 27.6 Å². The number of ether oxygens (including phenoxy) is 1. The van der Waals surface area contributed by atoms with Crippen LogP contribution in [-0.2, 0) is 0 Å². The van der Waals surface area contributed by atoms with E-state index in [1.54, 1.807) is 0 Å². The Morgan fingerprint density at radius 2 is 0.860 bits per heavy atom. The maximum absolute atomic E-state index is 6.65. The van der Waals surface area contributed by atoms with E-state index >= 15 is 0 Å². The number of nitrogens with zero attached hydrogens (tertiary/aromatic N) is 4. The zero-order valence-corrected chi connectivity index (χ0v) is 31.8. The number of aromatic nitrogens is 4. The summed E-state index contributed by atoms with van der Waals surface area (Å²) < 4.78 is 8.88. The Kier molecular flexibility index (Phi) is 7.76. The summed E-state index contributed by atoms with van der Waals surface area (Å²) >= 11 is 0. The standard InChI is InChI=1S/C51H34N4OSi/c1-4-16-35(17-5-1)36-28-30-38(31-29-36)50-52-49(37-18-6-2-7-19-37)53-51(54-50)55-43-23-11-10-22-41(43)42-33-32-40(34-44(42)55)57(39-20-8-3-9-21-39)47-26-14-12-24-45(47)56-46-25-13-15-27-48(46)57/h1-34H. The molecule has 0 N–H and O–H groups in total. The third-order valence-corrected chi connectivity index (χ3v) is 16.0. The molecular weight excluding hydrogens is 713 g/mol. The molecule has 0 bridgehead atoms. The fourth-order valence-corrected chi connectivity index (χ4v) is 13.6. The third-order valence-electron chi connectivity index (χ3n) is 11.2. The maximum atomic E-state index is 6.65. The molecule has 0 saturated carbocycles. The number of fused-ring (bicyclic) bond motifs is 5. The number of hydrogen-bond donors (Lipinski definition) is 0. The summed E-state index contributed by atoms with van der Waals surface area (Å²) in [7, 11) is -2.92. The second kappa shape index (κ2) is 13.4. The van der Waals surface area contributed by atoms with Gasteiger partial charge >= 0.3 is 0 Å². The summed E-state index contributed by atoms with van der Waals surface area (Å²) in [4.78, 5) is 15.7. The minimum atomic E-state index is -2.92. The van der Waals surface area contributed by atoms with Gasteiger partial charge in [0.25, 0.3) is 0 Å². The lowest BCUT2D eigenvalue weighted by Gasteiger charge is -2.39. The van der Waals surface area contributed by atoms with E-state index < -0.39 is 8.07 Å². The van der Waals surface area contributed by atoms with Crippen molar-refractivity contribution in [3.05, 3.63) is 206 Å². The van der Waals surface area contributed by atoms with Crippen molar-refractivity contribution in [2.75, 3.05) is 0 Å². The number of rotatable bonds is 6. The van der Waals surface area contributed by atoms with Crippen molar-refractivity contribution in [1.29, 1.82) is 0 Å². The average Bonchev–Trinajstić information content (AvgIpc) is 3.63. The summed E-state index contributed by atoms with van der Waals surface area (Å²) in [6, 6.07) is 72.8. The molecule has 0 fully saturated rings. The first kappa shape index (κ1) is 33.0. The van der Waals surface area contributed by atoms with Gasteiger partial charge in [0.2, 0.25) is 5.95 Å². The summed E-state index contributed by atoms with van der Waals surface area (Å²) in [5, 5.41) is 7.27. The van der Waals surface area contributed by atoms with Crippen molar-refractivity contribution in [1.82, 2.24) is 19.5 Å². The van der Waals surface area contributed by atoms with E-state index in [9.17, 15) is 0 Å². The molecule has 0 saturated heterocycles. The highest BCUT2D eigenvalue weighted by molar-refractivity contribution is 7.20. The van der Waals surface area contributed by atoms with E-state index in [1.165, 1.54) is 20.7 Å². The summed E-state index contributed by atoms with van der Waals surface area (Å²) in [5.74, 6) is 3.60. The molecule has 6 heteroatoms. The van der Waals surface area contributed by atoms with Crippen molar-refractivity contribution in [2.24, 2.45) is 0 Å². The van der Waals surface area contributed by atoms with Gasteiger partial charge in [-0.05, 0) is 56.1 Å². The van der Waals surface area contributed by atoms with E-state index in [0.29, 0.717) is 17.6 Å². The van der Waals surface area contributed by atoms with Gasteiger partial charge in [-0.15, -0.1) is 0 Å². The quantitative estimate of drug-likeness (QED) is 0.159. The largest absolute Gasteiger partial charge is 0.458 e. The van der Waals surface area contributed by atoms with E-state index in [1.807, 2.05) is 24.3 Å². The second-order valence-electron chi connectivity index (χ2n) is 14.4. The molecule has 0 aliphatic carbocycles. The third kappa shape index (κ3) is 5.34. The van der Waals surface area contributed by atoms with Gasteiger partial charge in [0.15, 0.2) is 19.7 Å². The summed E-state index contributed by atoms with van der Waals surface area (Å²) in [5.41, 5.74) is 6.22. The molecule has 10 aromatic rings. The van der Waals surface area contributed by atoms with Crippen LogP contribution >= 0.6 is 0 Å². The minimum Gasteiger partial charge on any atom is -0.458 e. The zero-order chi connectivity index (χ0) is 37.8. The van der Waals surface area contributed by atoms with Crippen molar-refractivity contribution >= 4 is 50.6 Å². The minimum absolute atomic E-state index is 0.567. The Hall–Kier alpha value is -7.41. The van der Waals surface area contributed by atoms with Gasteiger partial charge in [0.05, 0.1) is 11.0 Å². The van der Waals surface area contributed by atoms with Gasteiger partial charge in [0, 0.05) is 21.9 Å². The van der Waals surface area contributed by atoms with E-state index in [0.717, 1.165) is 55.6 Å². The molecule has 3 heterocycles. The smallest absolute Gasteiger partial charge is 0.238 e. The second-order valence-corrected chi connectivity index (χ2v) is 18.1. The Labute approximate surface area is 331 Å². The van der Waals surface area contributed by atoms with Crippen molar-refractivity contribution in [3.63, 3.8) is 0 Å². The lowest BCUT2D eigenvalue weighted by atomic mass is 10.0. The van der Waals surface area contributed by atoms with Crippen LogP contribution in [0.15, 0.2) is 206 Å². The fourth-order valence-electron chi connectivity index (χ4n) is 8.64. The number of para-hydroxylation sites is 3. The predicted octanol–water partition coefficient (Wildman–Crippen LogP) is 9.45. The fraction of sp³-hybridized carbons (Fsp3) is 0. The van der Waals surface area contributed by atoms with E-state index in [-0.39, 0.29) is 0 Å². The summed E-state index contributed by atoms with van der Waals surface area (Å²) in [6.45, 7) is 0. The molecular formula is C51H34N4OSi. The van der Waals surface area contributed by atoms with Crippen molar-refractivity contribution in [2.45, 2.75) is 0 Å². The van der Waals surface area contributed by atoms with Crippen LogP contribution in [0.4, 0.5) is 0 Å². The van der Waals surface area contributed by atoms with Gasteiger partial charge in [-0.2, -0.15) is 9.97 Å². The molecule has 0 spiro atoms. The first-order valence-corrected chi connectivity index (χ1v) is 21.2. The van der Waals surface area contributed by atoms with Crippen LogP contribution < -0.4 is 25.5 Å². The van der Waals surface area contributed by atoms with Crippen LogP contribution in [0.1, 0.15) is 0 Å². The van der Waals surface area contributed by atoms with Gasteiger partial charge in [0.1, 0.15) is 11.5 Å². The first-order chi connectivity index (χ1) is 28.3. The van der Waals surface area contributed by atoms with Crippen molar-refractivity contribution < 1.29 is 4.74 Å². The van der Waals surface area contributed by atoms with Gasteiger partial charge in [-0.3, -0.25) is 4.57 Å². The normalized spacial score (nSPS) is 12.8. The van der Waals surface area contributed by atoms with Crippen molar-refractivity contribution in [3.8, 4) is 51.3 Å². The Bertz CT molecular complexity index is 3050. The molecule has 0 amide bonds. The lowest BCUT2D eigenvalue weighted by molar-refractivity contribution is 0.487. The Morgan fingerprint density at radius 1 is 0.368 bits per heavy atom. The molecule has 11 rings (SSSR count). The molecule has 0 unspecified atom stereocenters. The Balaban J connectivity index is 1.19. The SMILES string of the molecule is c1ccc(-c2ccc(-c3nc(-c4ccccc4)nc(-n4c5ccccc5c5ccc([Si]6(c7ccccc7)c7ccccc7Oc7ccccc76)cc54)n3)cc2)cc1. The maximum Gasteiger partial charge on any atom is 0.238 e. The molecule has 57 heavy (non-hydrogen) atoms. The molecule has 0 atom stereocenters. The molecule has 1 aliphatic heterocycles. The Morgan fingerprint density at radius 3 is 1.53 bits per heavy atom. The highest BCUT2D eigenvalue weighted by Crippen LogP contribution is 2.34. The molecule has 1 aliphatic rings.